The molecule has 0 aliphatic heterocycles. The summed E-state index contributed by atoms with van der Waals surface area (Å²) >= 11 is 6.08. The van der Waals surface area contributed by atoms with Gasteiger partial charge in [0.2, 0.25) is 15.9 Å². The largest absolute Gasteiger partial charge is 0.495 e. The highest BCUT2D eigenvalue weighted by Gasteiger charge is 2.22. The van der Waals surface area contributed by atoms with Crippen LogP contribution >= 0.6 is 11.6 Å². The number of rotatable bonds is 8. The fraction of sp³-hybridized carbons (Fsp3) is 0.316. The van der Waals surface area contributed by atoms with Crippen molar-refractivity contribution in [3.8, 4) is 5.75 Å². The van der Waals surface area contributed by atoms with Crippen molar-refractivity contribution in [1.82, 2.24) is 5.32 Å². The maximum absolute atomic E-state index is 12.3. The van der Waals surface area contributed by atoms with Gasteiger partial charge >= 0.3 is 0 Å². The molecule has 0 bridgehead atoms. The molecule has 1 N–H and O–H groups in total. The number of nitrogens with zero attached hydrogens (tertiary/aromatic N) is 1. The average Bonchev–Trinajstić information content (AvgIpc) is 2.64. The number of benzene rings is 2. The van der Waals surface area contributed by atoms with Crippen molar-refractivity contribution in [3.05, 3.63) is 59.1 Å². The van der Waals surface area contributed by atoms with Crippen molar-refractivity contribution in [3.63, 3.8) is 0 Å². The summed E-state index contributed by atoms with van der Waals surface area (Å²) in [5, 5.41) is 3.05. The predicted molar refractivity (Wildman–Crippen MR) is 108 cm³/mol. The van der Waals surface area contributed by atoms with E-state index in [4.69, 9.17) is 16.3 Å². The highest BCUT2D eigenvalue weighted by Crippen LogP contribution is 2.30. The molecule has 2 aromatic carbocycles. The van der Waals surface area contributed by atoms with Crippen LogP contribution in [0.4, 0.5) is 5.69 Å². The lowest BCUT2D eigenvalue weighted by atomic mass is 10.0. The number of sulfonamides is 1. The van der Waals surface area contributed by atoms with Crippen LogP contribution in [0.3, 0.4) is 0 Å². The zero-order chi connectivity index (χ0) is 20.0. The Balaban J connectivity index is 2.08. The fourth-order valence-corrected chi connectivity index (χ4v) is 3.66. The van der Waals surface area contributed by atoms with Gasteiger partial charge in [0.1, 0.15) is 12.3 Å². The molecule has 0 heterocycles. The Hall–Kier alpha value is -2.25. The molecule has 0 saturated heterocycles. The topological polar surface area (TPSA) is 75.7 Å². The summed E-state index contributed by atoms with van der Waals surface area (Å²) in [5.74, 6) is 0.141. The van der Waals surface area contributed by atoms with Crippen molar-refractivity contribution >= 4 is 33.2 Å². The van der Waals surface area contributed by atoms with Crippen molar-refractivity contribution < 1.29 is 17.9 Å². The van der Waals surface area contributed by atoms with E-state index in [0.717, 1.165) is 16.1 Å². The third-order valence-electron chi connectivity index (χ3n) is 4.08. The maximum atomic E-state index is 12.3. The van der Waals surface area contributed by atoms with Crippen LogP contribution < -0.4 is 14.4 Å². The van der Waals surface area contributed by atoms with Gasteiger partial charge in [-0.2, -0.15) is 0 Å². The number of hydrogen-bond acceptors (Lipinski definition) is 4. The van der Waals surface area contributed by atoms with Gasteiger partial charge in [0.05, 0.1) is 24.1 Å². The minimum Gasteiger partial charge on any atom is -0.495 e. The summed E-state index contributed by atoms with van der Waals surface area (Å²) in [5.41, 5.74) is 1.40. The molecule has 2 aromatic rings. The standard InChI is InChI=1S/C19H23ClN2O4S/c1-14(15-7-5-4-6-8-15)12-21-19(23)13-22(27(3,24)25)16-9-10-18(26-2)17(20)11-16/h4-11,14H,12-13H2,1-3H3,(H,21,23)/t14-/m0/s1. The second kappa shape index (κ2) is 9.10. The molecule has 146 valence electrons. The molecule has 0 fully saturated rings. The van der Waals surface area contributed by atoms with Crippen molar-refractivity contribution in [1.29, 1.82) is 0 Å². The van der Waals surface area contributed by atoms with E-state index in [9.17, 15) is 13.2 Å². The number of halogens is 1. The minimum atomic E-state index is -3.67. The van der Waals surface area contributed by atoms with E-state index in [1.807, 2.05) is 37.3 Å². The van der Waals surface area contributed by atoms with Crippen LogP contribution in [-0.2, 0) is 14.8 Å². The summed E-state index contributed by atoms with van der Waals surface area (Å²) < 4.78 is 30.4. The van der Waals surface area contributed by atoms with Crippen LogP contribution in [0.1, 0.15) is 18.4 Å². The van der Waals surface area contributed by atoms with Gasteiger partial charge in [-0.05, 0) is 29.7 Å². The molecule has 1 atom stereocenters. The van der Waals surface area contributed by atoms with Crippen molar-refractivity contribution in [2.75, 3.05) is 30.8 Å². The third-order valence-corrected chi connectivity index (χ3v) is 5.52. The van der Waals surface area contributed by atoms with E-state index >= 15 is 0 Å². The molecular weight excluding hydrogens is 388 g/mol. The first-order chi connectivity index (χ1) is 12.7. The molecule has 8 heteroatoms. The lowest BCUT2D eigenvalue weighted by Crippen LogP contribution is -2.41. The highest BCUT2D eigenvalue weighted by molar-refractivity contribution is 7.92. The molecule has 0 aliphatic rings. The van der Waals surface area contributed by atoms with Gasteiger partial charge in [0, 0.05) is 6.54 Å². The van der Waals surface area contributed by atoms with Crippen LogP contribution in [0, 0.1) is 0 Å². The minimum absolute atomic E-state index is 0.109. The second-order valence-corrected chi connectivity index (χ2v) is 8.52. The van der Waals surface area contributed by atoms with Crippen LogP contribution in [-0.4, -0.2) is 40.8 Å². The SMILES string of the molecule is COc1ccc(N(CC(=O)NC[C@H](C)c2ccccc2)S(C)(=O)=O)cc1Cl. The lowest BCUT2D eigenvalue weighted by molar-refractivity contribution is -0.119. The summed E-state index contributed by atoms with van der Waals surface area (Å²) in [7, 11) is -2.20. The smallest absolute Gasteiger partial charge is 0.240 e. The first kappa shape index (κ1) is 21.1. The molecule has 27 heavy (non-hydrogen) atoms. The molecule has 2 rings (SSSR count). The Morgan fingerprint density at radius 1 is 1.22 bits per heavy atom. The van der Waals surface area contributed by atoms with Crippen molar-refractivity contribution in [2.45, 2.75) is 12.8 Å². The Kier molecular flexibility index (Phi) is 7.10. The normalized spacial score (nSPS) is 12.3. The number of anilines is 1. The van der Waals surface area contributed by atoms with Crippen LogP contribution in [0.2, 0.25) is 5.02 Å². The Labute approximate surface area is 165 Å². The quantitative estimate of drug-likeness (QED) is 0.725. The molecule has 0 aromatic heterocycles. The number of ether oxygens (including phenoxy) is 1. The van der Waals surface area contributed by atoms with Gasteiger partial charge in [-0.15, -0.1) is 0 Å². The summed E-state index contributed by atoms with van der Waals surface area (Å²) in [6.45, 7) is 2.07. The summed E-state index contributed by atoms with van der Waals surface area (Å²) in [6.07, 6.45) is 1.05. The third kappa shape index (κ3) is 5.87. The van der Waals surface area contributed by atoms with E-state index in [2.05, 4.69) is 5.32 Å². The number of carbonyl (C=O) groups is 1. The number of methoxy groups -OCH3 is 1. The molecule has 0 aliphatic carbocycles. The van der Waals surface area contributed by atoms with Gasteiger partial charge in [0.15, 0.2) is 0 Å². The first-order valence-corrected chi connectivity index (χ1v) is 10.6. The summed E-state index contributed by atoms with van der Waals surface area (Å²) in [4.78, 5) is 12.3. The lowest BCUT2D eigenvalue weighted by Gasteiger charge is -2.23. The first-order valence-electron chi connectivity index (χ1n) is 8.35. The van der Waals surface area contributed by atoms with Gasteiger partial charge in [-0.25, -0.2) is 8.42 Å². The molecule has 0 radical (unpaired) electrons. The molecule has 0 saturated carbocycles. The van der Waals surface area contributed by atoms with Crippen LogP contribution in [0.25, 0.3) is 0 Å². The van der Waals surface area contributed by atoms with E-state index in [1.54, 1.807) is 12.1 Å². The second-order valence-electron chi connectivity index (χ2n) is 6.20. The Morgan fingerprint density at radius 3 is 2.44 bits per heavy atom. The van der Waals surface area contributed by atoms with E-state index < -0.39 is 15.9 Å². The highest BCUT2D eigenvalue weighted by atomic mass is 35.5. The molecule has 0 unspecified atom stereocenters. The van der Waals surface area contributed by atoms with E-state index in [1.165, 1.54) is 13.2 Å². The Morgan fingerprint density at radius 2 is 1.89 bits per heavy atom. The van der Waals surface area contributed by atoms with E-state index in [0.29, 0.717) is 18.0 Å². The average molecular weight is 411 g/mol. The fourth-order valence-electron chi connectivity index (χ4n) is 2.56. The van der Waals surface area contributed by atoms with Crippen LogP contribution in [0.15, 0.2) is 48.5 Å². The number of nitrogens with one attached hydrogen (secondary N) is 1. The molecule has 1 amide bonds. The number of hydrogen-bond donors (Lipinski definition) is 1. The predicted octanol–water partition coefficient (Wildman–Crippen LogP) is 3.03. The number of amides is 1. The van der Waals surface area contributed by atoms with Gasteiger partial charge in [0.25, 0.3) is 0 Å². The summed E-state index contributed by atoms with van der Waals surface area (Å²) in [6, 6.07) is 14.3. The zero-order valence-corrected chi connectivity index (χ0v) is 17.0. The molecule has 6 nitrogen and oxygen atoms in total. The van der Waals surface area contributed by atoms with Gasteiger partial charge < -0.3 is 10.1 Å². The van der Waals surface area contributed by atoms with Gasteiger partial charge in [-0.3, -0.25) is 9.10 Å². The number of carbonyl (C=O) groups excluding carboxylic acids is 1. The van der Waals surface area contributed by atoms with Crippen LogP contribution in [0.5, 0.6) is 5.75 Å². The van der Waals surface area contributed by atoms with E-state index in [-0.39, 0.29) is 17.5 Å². The molecular formula is C19H23ClN2O4S. The van der Waals surface area contributed by atoms with Crippen molar-refractivity contribution in [2.24, 2.45) is 0 Å². The Bertz CT molecular complexity index is 888. The zero-order valence-electron chi connectivity index (χ0n) is 15.5. The molecule has 0 spiro atoms. The monoisotopic (exact) mass is 410 g/mol. The van der Waals surface area contributed by atoms with Gasteiger partial charge in [-0.1, -0.05) is 48.9 Å². The maximum Gasteiger partial charge on any atom is 0.240 e.